The first kappa shape index (κ1) is 11.4. The summed E-state index contributed by atoms with van der Waals surface area (Å²) >= 11 is 0. The maximum Gasteiger partial charge on any atom is 0.355 e. The van der Waals surface area contributed by atoms with Gasteiger partial charge in [0.05, 0.1) is 12.2 Å². The van der Waals surface area contributed by atoms with Crippen LogP contribution >= 0.6 is 0 Å². The first-order valence-corrected chi connectivity index (χ1v) is 5.42. The third kappa shape index (κ3) is 1.82. The van der Waals surface area contributed by atoms with E-state index < -0.39 is 5.97 Å². The normalized spacial score (nSPS) is 10.5. The smallest absolute Gasteiger partial charge is 0.355 e. The molecular formula is C13H13NO3. The van der Waals surface area contributed by atoms with Gasteiger partial charge in [-0.1, -0.05) is 18.2 Å². The van der Waals surface area contributed by atoms with Crippen LogP contribution in [0.1, 0.15) is 33.3 Å². The average molecular weight is 231 g/mol. The van der Waals surface area contributed by atoms with Crippen molar-refractivity contribution in [2.24, 2.45) is 0 Å². The molecule has 1 aromatic heterocycles. The quantitative estimate of drug-likeness (QED) is 0.652. The minimum Gasteiger partial charge on any atom is -0.461 e. The average Bonchev–Trinajstić information content (AvgIpc) is 2.69. The minimum absolute atomic E-state index is 0.228. The number of carbonyl (C=O) groups is 2. The zero-order chi connectivity index (χ0) is 12.4. The molecule has 0 aliphatic rings. The van der Waals surface area contributed by atoms with Crippen LogP contribution in [0.4, 0.5) is 0 Å². The van der Waals surface area contributed by atoms with Gasteiger partial charge < -0.3 is 9.72 Å². The van der Waals surface area contributed by atoms with Crippen LogP contribution in [0.25, 0.3) is 10.9 Å². The lowest BCUT2D eigenvalue weighted by atomic mass is 10.1. The molecule has 1 N–H and O–H groups in total. The van der Waals surface area contributed by atoms with Gasteiger partial charge in [0.2, 0.25) is 0 Å². The van der Waals surface area contributed by atoms with Gasteiger partial charge in [-0.05, 0) is 19.4 Å². The number of aryl methyl sites for hydroxylation is 1. The first-order chi connectivity index (χ1) is 8.19. The van der Waals surface area contributed by atoms with E-state index in [2.05, 4.69) is 4.98 Å². The zero-order valence-electron chi connectivity index (χ0n) is 9.74. The highest BCUT2D eigenvalue weighted by atomic mass is 16.5. The molecule has 0 saturated heterocycles. The molecule has 0 aliphatic carbocycles. The van der Waals surface area contributed by atoms with Crippen molar-refractivity contribution in [2.45, 2.75) is 13.8 Å². The zero-order valence-corrected chi connectivity index (χ0v) is 9.74. The number of aromatic amines is 1. The lowest BCUT2D eigenvalue weighted by Crippen LogP contribution is -2.07. The fourth-order valence-electron chi connectivity index (χ4n) is 1.87. The predicted octanol–water partition coefficient (Wildman–Crippen LogP) is 2.47. The predicted molar refractivity (Wildman–Crippen MR) is 64.4 cm³/mol. The van der Waals surface area contributed by atoms with E-state index in [1.807, 2.05) is 25.1 Å². The van der Waals surface area contributed by atoms with E-state index in [4.69, 9.17) is 4.74 Å². The van der Waals surface area contributed by atoms with Crippen molar-refractivity contribution in [3.63, 3.8) is 0 Å². The molecule has 0 unspecified atom stereocenters. The summed E-state index contributed by atoms with van der Waals surface area (Å²) in [5.41, 5.74) is 2.38. The van der Waals surface area contributed by atoms with Crippen molar-refractivity contribution < 1.29 is 14.3 Å². The number of aromatic nitrogens is 1. The molecule has 0 saturated carbocycles. The summed E-state index contributed by atoms with van der Waals surface area (Å²) in [5, 5.41) is 0.753. The molecule has 0 fully saturated rings. The number of nitrogens with one attached hydrogen (secondary N) is 1. The summed E-state index contributed by atoms with van der Waals surface area (Å²) in [4.78, 5) is 25.7. The van der Waals surface area contributed by atoms with E-state index in [1.54, 1.807) is 6.92 Å². The van der Waals surface area contributed by atoms with Crippen LogP contribution in [0.3, 0.4) is 0 Å². The Labute approximate surface area is 98.6 Å². The fraction of sp³-hybridized carbons (Fsp3) is 0.231. The van der Waals surface area contributed by atoms with Gasteiger partial charge >= 0.3 is 5.97 Å². The summed E-state index contributed by atoms with van der Waals surface area (Å²) in [7, 11) is 0. The van der Waals surface area contributed by atoms with Gasteiger partial charge in [0, 0.05) is 10.9 Å². The second-order valence-corrected chi connectivity index (χ2v) is 3.75. The van der Waals surface area contributed by atoms with E-state index in [9.17, 15) is 9.59 Å². The number of H-pyrrole nitrogens is 1. The molecule has 0 aliphatic heterocycles. The Hall–Kier alpha value is -2.10. The van der Waals surface area contributed by atoms with Crippen LogP contribution < -0.4 is 0 Å². The molecule has 0 amide bonds. The molecule has 17 heavy (non-hydrogen) atoms. The topological polar surface area (TPSA) is 59.2 Å². The van der Waals surface area contributed by atoms with Crippen LogP contribution in [0.2, 0.25) is 0 Å². The Kier molecular flexibility index (Phi) is 2.95. The number of hydrogen-bond acceptors (Lipinski definition) is 3. The molecule has 88 valence electrons. The molecular weight excluding hydrogens is 218 g/mol. The van der Waals surface area contributed by atoms with Gasteiger partial charge in [0.25, 0.3) is 0 Å². The Bertz CT molecular complexity index is 584. The molecule has 2 aromatic rings. The number of carbonyl (C=O) groups excluding carboxylic acids is 2. The maximum absolute atomic E-state index is 11.7. The van der Waals surface area contributed by atoms with Gasteiger partial charge in [0.1, 0.15) is 5.69 Å². The largest absolute Gasteiger partial charge is 0.461 e. The standard InChI is InChI=1S/C13H13NO3/c1-3-17-13(16)12-10(7-15)9-6-4-5-8(2)11(9)14-12/h4-7,14H,3H2,1-2H3. The molecule has 0 bridgehead atoms. The van der Waals surface area contributed by atoms with Gasteiger partial charge in [-0.3, -0.25) is 4.79 Å². The SMILES string of the molecule is CCOC(=O)c1[nH]c2c(C)cccc2c1C=O. The number of fused-ring (bicyclic) bond motifs is 1. The molecule has 2 rings (SSSR count). The lowest BCUT2D eigenvalue weighted by Gasteiger charge is -1.98. The summed E-state index contributed by atoms with van der Waals surface area (Å²) in [6.07, 6.45) is 0.685. The second kappa shape index (κ2) is 4.41. The molecule has 0 radical (unpaired) electrons. The highest BCUT2D eigenvalue weighted by Crippen LogP contribution is 2.24. The Balaban J connectivity index is 2.68. The number of para-hydroxylation sites is 1. The van der Waals surface area contributed by atoms with Crippen LogP contribution in [-0.4, -0.2) is 23.8 Å². The third-order valence-corrected chi connectivity index (χ3v) is 2.68. The van der Waals surface area contributed by atoms with Crippen molar-refractivity contribution in [1.82, 2.24) is 4.98 Å². The van der Waals surface area contributed by atoms with Crippen LogP contribution in [-0.2, 0) is 4.74 Å². The second-order valence-electron chi connectivity index (χ2n) is 3.75. The Morgan fingerprint density at radius 3 is 2.88 bits per heavy atom. The molecule has 4 nitrogen and oxygen atoms in total. The maximum atomic E-state index is 11.7. The van der Waals surface area contributed by atoms with E-state index in [0.717, 1.165) is 16.5 Å². The summed E-state index contributed by atoms with van der Waals surface area (Å²) in [5.74, 6) is -0.495. The molecule has 4 heteroatoms. The van der Waals surface area contributed by atoms with E-state index in [-0.39, 0.29) is 12.3 Å². The number of aldehydes is 1. The number of esters is 1. The van der Waals surface area contributed by atoms with Crippen LogP contribution in [0.5, 0.6) is 0 Å². The third-order valence-electron chi connectivity index (χ3n) is 2.68. The number of hydrogen-bond donors (Lipinski definition) is 1. The van der Waals surface area contributed by atoms with E-state index >= 15 is 0 Å². The van der Waals surface area contributed by atoms with Crippen molar-refractivity contribution in [2.75, 3.05) is 6.61 Å². The summed E-state index contributed by atoms with van der Waals surface area (Å²) < 4.78 is 4.91. The number of rotatable bonds is 3. The monoisotopic (exact) mass is 231 g/mol. The molecule has 1 heterocycles. The minimum atomic E-state index is -0.495. The van der Waals surface area contributed by atoms with E-state index in [1.165, 1.54) is 0 Å². The summed E-state index contributed by atoms with van der Waals surface area (Å²) in [6, 6.07) is 5.58. The molecule has 1 aromatic carbocycles. The fourth-order valence-corrected chi connectivity index (χ4v) is 1.87. The van der Waals surface area contributed by atoms with E-state index in [0.29, 0.717) is 11.8 Å². The first-order valence-electron chi connectivity index (χ1n) is 5.42. The van der Waals surface area contributed by atoms with Gasteiger partial charge in [-0.25, -0.2) is 4.79 Å². The number of ether oxygens (including phenoxy) is 1. The number of benzene rings is 1. The van der Waals surface area contributed by atoms with Crippen molar-refractivity contribution in [1.29, 1.82) is 0 Å². The van der Waals surface area contributed by atoms with Gasteiger partial charge in [0.15, 0.2) is 6.29 Å². The highest BCUT2D eigenvalue weighted by molar-refractivity contribution is 6.08. The van der Waals surface area contributed by atoms with Crippen molar-refractivity contribution in [3.05, 3.63) is 35.0 Å². The Morgan fingerprint density at radius 2 is 2.24 bits per heavy atom. The Morgan fingerprint density at radius 1 is 1.47 bits per heavy atom. The van der Waals surface area contributed by atoms with Crippen molar-refractivity contribution >= 4 is 23.2 Å². The van der Waals surface area contributed by atoms with Gasteiger partial charge in [-0.2, -0.15) is 0 Å². The highest BCUT2D eigenvalue weighted by Gasteiger charge is 2.18. The van der Waals surface area contributed by atoms with Crippen LogP contribution in [0.15, 0.2) is 18.2 Å². The molecule has 0 atom stereocenters. The van der Waals surface area contributed by atoms with Crippen molar-refractivity contribution in [3.8, 4) is 0 Å². The van der Waals surface area contributed by atoms with Crippen LogP contribution in [0, 0.1) is 6.92 Å². The summed E-state index contributed by atoms with van der Waals surface area (Å²) in [6.45, 7) is 3.93. The lowest BCUT2D eigenvalue weighted by molar-refractivity contribution is 0.0518. The molecule has 0 spiro atoms. The van der Waals surface area contributed by atoms with Gasteiger partial charge in [-0.15, -0.1) is 0 Å².